The van der Waals surface area contributed by atoms with Gasteiger partial charge < -0.3 is 9.64 Å². The Kier molecular flexibility index (Phi) is 5.96. The fraction of sp³-hybridized carbons (Fsp3) is 0.458. The summed E-state index contributed by atoms with van der Waals surface area (Å²) in [6.45, 7) is 3.62. The maximum absolute atomic E-state index is 12.7. The molecule has 148 valence electrons. The first-order chi connectivity index (χ1) is 13.7. The lowest BCUT2D eigenvalue weighted by Gasteiger charge is -2.42. The van der Waals surface area contributed by atoms with Crippen molar-refractivity contribution in [3.63, 3.8) is 0 Å². The molecule has 1 saturated heterocycles. The second-order valence-electron chi connectivity index (χ2n) is 7.97. The maximum atomic E-state index is 12.7. The van der Waals surface area contributed by atoms with Gasteiger partial charge in [-0.3, -0.25) is 9.69 Å². The van der Waals surface area contributed by atoms with Crippen LogP contribution in [0.1, 0.15) is 47.5 Å². The molecule has 2 aliphatic rings. The number of hydrogen-bond donors (Lipinski definition) is 0. The van der Waals surface area contributed by atoms with Gasteiger partial charge in [-0.15, -0.1) is 0 Å². The number of rotatable bonds is 4. The van der Waals surface area contributed by atoms with Crippen molar-refractivity contribution in [2.45, 2.75) is 37.6 Å². The van der Waals surface area contributed by atoms with Gasteiger partial charge in [0, 0.05) is 37.8 Å². The van der Waals surface area contributed by atoms with E-state index in [1.807, 2.05) is 29.2 Å². The van der Waals surface area contributed by atoms with Crippen molar-refractivity contribution in [3.05, 3.63) is 65.7 Å². The molecule has 0 bridgehead atoms. The molecule has 4 nitrogen and oxygen atoms in total. The van der Waals surface area contributed by atoms with E-state index in [0.29, 0.717) is 6.04 Å². The molecule has 28 heavy (non-hydrogen) atoms. The molecule has 1 aliphatic heterocycles. The number of benzene rings is 2. The Morgan fingerprint density at radius 3 is 2.11 bits per heavy atom. The normalized spacial score (nSPS) is 23.4. The van der Waals surface area contributed by atoms with Gasteiger partial charge in [0.25, 0.3) is 5.91 Å². The van der Waals surface area contributed by atoms with Gasteiger partial charge in [0.1, 0.15) is 5.75 Å². The number of carbonyl (C=O) groups is 1. The molecule has 2 aromatic carbocycles. The molecule has 2 aromatic rings. The second kappa shape index (κ2) is 8.78. The van der Waals surface area contributed by atoms with Gasteiger partial charge in [-0.2, -0.15) is 0 Å². The van der Waals surface area contributed by atoms with Crippen LogP contribution in [-0.2, 0) is 0 Å². The van der Waals surface area contributed by atoms with E-state index in [0.717, 1.165) is 43.4 Å². The average molecular weight is 379 g/mol. The van der Waals surface area contributed by atoms with Gasteiger partial charge in [0.2, 0.25) is 0 Å². The van der Waals surface area contributed by atoms with Gasteiger partial charge in [-0.05, 0) is 61.4 Å². The molecule has 0 N–H and O–H groups in total. The first-order valence-electron chi connectivity index (χ1n) is 10.5. The number of hydrogen-bond acceptors (Lipinski definition) is 3. The highest BCUT2D eigenvalue weighted by atomic mass is 16.5. The van der Waals surface area contributed by atoms with Crippen LogP contribution in [0, 0.1) is 0 Å². The molecular weight excluding hydrogens is 348 g/mol. The Bertz CT molecular complexity index is 759. The molecule has 4 rings (SSSR count). The molecular formula is C24H30N2O2. The third-order valence-electron chi connectivity index (χ3n) is 6.42. The molecule has 0 radical (unpaired) electrons. The molecule has 1 aliphatic carbocycles. The first-order valence-corrected chi connectivity index (χ1v) is 10.5. The summed E-state index contributed by atoms with van der Waals surface area (Å²) in [5.74, 6) is 1.64. The zero-order valence-corrected chi connectivity index (χ0v) is 16.7. The quantitative estimate of drug-likeness (QED) is 0.800. The van der Waals surface area contributed by atoms with Crippen molar-refractivity contribution in [1.29, 1.82) is 0 Å². The van der Waals surface area contributed by atoms with Crippen molar-refractivity contribution in [2.75, 3.05) is 33.3 Å². The van der Waals surface area contributed by atoms with E-state index >= 15 is 0 Å². The molecule has 0 spiro atoms. The largest absolute Gasteiger partial charge is 0.497 e. The highest BCUT2D eigenvalue weighted by Crippen LogP contribution is 2.35. The average Bonchev–Trinajstić information content (AvgIpc) is 2.79. The van der Waals surface area contributed by atoms with Crippen LogP contribution < -0.4 is 4.74 Å². The monoisotopic (exact) mass is 378 g/mol. The lowest BCUT2D eigenvalue weighted by atomic mass is 9.81. The van der Waals surface area contributed by atoms with Gasteiger partial charge in [0.15, 0.2) is 0 Å². The van der Waals surface area contributed by atoms with E-state index in [2.05, 4.69) is 35.2 Å². The number of amides is 1. The molecule has 2 fully saturated rings. The molecule has 1 saturated carbocycles. The summed E-state index contributed by atoms with van der Waals surface area (Å²) in [6, 6.07) is 19.1. The fourth-order valence-corrected chi connectivity index (χ4v) is 4.71. The Balaban J connectivity index is 1.27. The molecule has 1 amide bonds. The van der Waals surface area contributed by atoms with E-state index in [1.54, 1.807) is 7.11 Å². The van der Waals surface area contributed by atoms with Gasteiger partial charge in [-0.25, -0.2) is 0 Å². The lowest BCUT2D eigenvalue weighted by Crippen LogP contribution is -2.52. The number of methoxy groups -OCH3 is 1. The topological polar surface area (TPSA) is 32.8 Å². The Morgan fingerprint density at radius 1 is 0.857 bits per heavy atom. The van der Waals surface area contributed by atoms with E-state index in [1.165, 1.54) is 31.2 Å². The van der Waals surface area contributed by atoms with Crippen molar-refractivity contribution >= 4 is 5.91 Å². The molecule has 0 unspecified atom stereocenters. The highest BCUT2D eigenvalue weighted by Gasteiger charge is 2.30. The summed E-state index contributed by atoms with van der Waals surface area (Å²) in [7, 11) is 1.64. The minimum Gasteiger partial charge on any atom is -0.497 e. The van der Waals surface area contributed by atoms with Crippen LogP contribution in [0.3, 0.4) is 0 Å². The van der Waals surface area contributed by atoms with Gasteiger partial charge >= 0.3 is 0 Å². The van der Waals surface area contributed by atoms with Crippen LogP contribution in [0.4, 0.5) is 0 Å². The predicted molar refractivity (Wildman–Crippen MR) is 112 cm³/mol. The standard InChI is InChI=1S/C24H30N2O2/c1-28-23-13-9-21(10-14-23)24(27)26-17-15-25(16-18-26)22-11-7-20(8-12-22)19-5-3-2-4-6-19/h2-6,9-10,13-14,20,22H,7-8,11-12,15-18H2,1H3. The molecule has 0 atom stereocenters. The first kappa shape index (κ1) is 19.0. The summed E-state index contributed by atoms with van der Waals surface area (Å²) >= 11 is 0. The lowest BCUT2D eigenvalue weighted by molar-refractivity contribution is 0.0514. The Hall–Kier alpha value is -2.33. The van der Waals surface area contributed by atoms with Crippen LogP contribution in [0.5, 0.6) is 5.75 Å². The minimum absolute atomic E-state index is 0.134. The maximum Gasteiger partial charge on any atom is 0.253 e. The number of nitrogens with zero attached hydrogens (tertiary/aromatic N) is 2. The summed E-state index contributed by atoms with van der Waals surface area (Å²) < 4.78 is 5.18. The van der Waals surface area contributed by atoms with Crippen LogP contribution in [-0.4, -0.2) is 55.0 Å². The van der Waals surface area contributed by atoms with E-state index in [9.17, 15) is 4.79 Å². The van der Waals surface area contributed by atoms with Crippen molar-refractivity contribution in [3.8, 4) is 5.75 Å². The van der Waals surface area contributed by atoms with Crippen LogP contribution in [0.2, 0.25) is 0 Å². The highest BCUT2D eigenvalue weighted by molar-refractivity contribution is 5.94. The number of ether oxygens (including phenoxy) is 1. The summed E-state index contributed by atoms with van der Waals surface area (Å²) in [5.41, 5.74) is 2.24. The zero-order valence-electron chi connectivity index (χ0n) is 16.7. The SMILES string of the molecule is COc1ccc(C(=O)N2CCN(C3CCC(c4ccccc4)CC3)CC2)cc1. The molecule has 4 heteroatoms. The minimum atomic E-state index is 0.134. The van der Waals surface area contributed by atoms with E-state index in [-0.39, 0.29) is 5.91 Å². The van der Waals surface area contributed by atoms with E-state index < -0.39 is 0 Å². The Morgan fingerprint density at radius 2 is 1.50 bits per heavy atom. The zero-order chi connectivity index (χ0) is 19.3. The van der Waals surface area contributed by atoms with Crippen molar-refractivity contribution in [1.82, 2.24) is 9.80 Å². The van der Waals surface area contributed by atoms with Crippen LogP contribution in [0.25, 0.3) is 0 Å². The summed E-state index contributed by atoms with van der Waals surface area (Å²) in [4.78, 5) is 17.4. The van der Waals surface area contributed by atoms with Crippen LogP contribution >= 0.6 is 0 Å². The summed E-state index contributed by atoms with van der Waals surface area (Å²) in [5, 5.41) is 0. The van der Waals surface area contributed by atoms with E-state index in [4.69, 9.17) is 4.74 Å². The number of carbonyl (C=O) groups excluding carboxylic acids is 1. The smallest absolute Gasteiger partial charge is 0.253 e. The van der Waals surface area contributed by atoms with Crippen molar-refractivity contribution in [2.24, 2.45) is 0 Å². The molecule has 1 heterocycles. The van der Waals surface area contributed by atoms with Gasteiger partial charge in [-0.1, -0.05) is 30.3 Å². The number of piperazine rings is 1. The second-order valence-corrected chi connectivity index (χ2v) is 7.97. The molecule has 0 aromatic heterocycles. The third kappa shape index (κ3) is 4.22. The van der Waals surface area contributed by atoms with Crippen molar-refractivity contribution < 1.29 is 9.53 Å². The summed E-state index contributed by atoms with van der Waals surface area (Å²) in [6.07, 6.45) is 5.09. The van der Waals surface area contributed by atoms with Gasteiger partial charge in [0.05, 0.1) is 7.11 Å². The fourth-order valence-electron chi connectivity index (χ4n) is 4.71. The third-order valence-corrected chi connectivity index (χ3v) is 6.42. The Labute approximate surface area is 168 Å². The van der Waals surface area contributed by atoms with Crippen LogP contribution in [0.15, 0.2) is 54.6 Å². The predicted octanol–water partition coefficient (Wildman–Crippen LogP) is 4.18.